The third-order valence-electron chi connectivity index (χ3n) is 3.95. The third-order valence-corrected chi connectivity index (χ3v) is 3.95. The Bertz CT molecular complexity index is 663. The molecule has 7 heteroatoms. The van der Waals surface area contributed by atoms with Gasteiger partial charge in [0.1, 0.15) is 12.1 Å². The van der Waals surface area contributed by atoms with Gasteiger partial charge in [0.2, 0.25) is 5.91 Å². The minimum Gasteiger partial charge on any atom is -0.353 e. The molecule has 0 aliphatic carbocycles. The fraction of sp³-hybridized carbons (Fsp3) is 0.471. The van der Waals surface area contributed by atoms with Gasteiger partial charge in [0, 0.05) is 12.1 Å². The minimum atomic E-state index is -1.17. The van der Waals surface area contributed by atoms with Crippen molar-refractivity contribution in [2.45, 2.75) is 38.8 Å². The highest BCUT2D eigenvalue weighted by molar-refractivity contribution is 6.09. The molecule has 0 saturated carbocycles. The number of urea groups is 1. The average Bonchev–Trinajstić information content (AvgIpc) is 2.69. The lowest BCUT2D eigenvalue weighted by Crippen LogP contribution is -2.48. The molecule has 24 heavy (non-hydrogen) atoms. The Kier molecular flexibility index (Phi) is 4.66. The van der Waals surface area contributed by atoms with Crippen molar-refractivity contribution in [1.82, 2.24) is 15.5 Å². The fourth-order valence-corrected chi connectivity index (χ4v) is 2.45. The van der Waals surface area contributed by atoms with Crippen LogP contribution in [-0.2, 0) is 15.1 Å². The second-order valence-electron chi connectivity index (χ2n) is 7.08. The number of nitrogens with one attached hydrogen (secondary N) is 2. The topological polar surface area (TPSA) is 105 Å². The molecule has 1 atom stereocenters. The quantitative estimate of drug-likeness (QED) is 0.687. The Morgan fingerprint density at radius 3 is 2.42 bits per heavy atom. The summed E-state index contributed by atoms with van der Waals surface area (Å²) in [7, 11) is 0. The van der Waals surface area contributed by atoms with Gasteiger partial charge in [-0.05, 0) is 33.3 Å². The molecule has 1 saturated heterocycles. The number of aryl methyl sites for hydroxylation is 1. The molecule has 1 unspecified atom stereocenters. The largest absolute Gasteiger partial charge is 0.353 e. The van der Waals surface area contributed by atoms with E-state index in [0.29, 0.717) is 5.56 Å². The molecule has 2 rings (SSSR count). The van der Waals surface area contributed by atoms with Crippen LogP contribution >= 0.6 is 0 Å². The lowest BCUT2D eigenvalue weighted by molar-refractivity contribution is -0.134. The van der Waals surface area contributed by atoms with Crippen LogP contribution in [0.3, 0.4) is 0 Å². The number of carbonyl (C=O) groups is 3. The summed E-state index contributed by atoms with van der Waals surface area (Å²) in [6, 6.07) is 6.77. The zero-order chi connectivity index (χ0) is 18.1. The first-order valence-electron chi connectivity index (χ1n) is 7.80. The highest BCUT2D eigenvalue weighted by Gasteiger charge is 2.49. The number of hydrogen-bond acceptors (Lipinski definition) is 4. The van der Waals surface area contributed by atoms with Gasteiger partial charge in [0.15, 0.2) is 0 Å². The van der Waals surface area contributed by atoms with Crippen LogP contribution in [0.5, 0.6) is 0 Å². The first-order chi connectivity index (χ1) is 11.0. The van der Waals surface area contributed by atoms with E-state index >= 15 is 0 Å². The van der Waals surface area contributed by atoms with Crippen molar-refractivity contribution >= 4 is 17.8 Å². The van der Waals surface area contributed by atoms with Crippen LogP contribution in [-0.4, -0.2) is 41.4 Å². The van der Waals surface area contributed by atoms with E-state index in [-0.39, 0.29) is 13.1 Å². The van der Waals surface area contributed by atoms with Crippen molar-refractivity contribution in [2.24, 2.45) is 5.73 Å². The summed E-state index contributed by atoms with van der Waals surface area (Å²) in [6.07, 6.45) is 0. The van der Waals surface area contributed by atoms with Crippen LogP contribution in [0.25, 0.3) is 0 Å². The molecule has 0 spiro atoms. The Morgan fingerprint density at radius 2 is 1.88 bits per heavy atom. The predicted molar refractivity (Wildman–Crippen MR) is 90.1 cm³/mol. The van der Waals surface area contributed by atoms with E-state index < -0.39 is 28.9 Å². The van der Waals surface area contributed by atoms with E-state index in [0.717, 1.165) is 10.5 Å². The zero-order valence-corrected chi connectivity index (χ0v) is 14.5. The number of imide groups is 1. The fourth-order valence-electron chi connectivity index (χ4n) is 2.45. The summed E-state index contributed by atoms with van der Waals surface area (Å²) in [6.45, 7) is 7.05. The smallest absolute Gasteiger partial charge is 0.325 e. The van der Waals surface area contributed by atoms with Crippen LogP contribution in [0.2, 0.25) is 0 Å². The first-order valence-corrected chi connectivity index (χ1v) is 7.80. The molecule has 4 amide bonds. The number of rotatable bonds is 5. The van der Waals surface area contributed by atoms with Crippen LogP contribution in [0.1, 0.15) is 31.9 Å². The number of benzene rings is 1. The summed E-state index contributed by atoms with van der Waals surface area (Å²) in [4.78, 5) is 37.8. The van der Waals surface area contributed by atoms with Gasteiger partial charge in [-0.15, -0.1) is 0 Å². The molecule has 1 aliphatic rings. The van der Waals surface area contributed by atoms with Gasteiger partial charge in [0.05, 0.1) is 0 Å². The minimum absolute atomic E-state index is 0.255. The average molecular weight is 332 g/mol. The van der Waals surface area contributed by atoms with E-state index in [1.807, 2.05) is 19.1 Å². The zero-order valence-electron chi connectivity index (χ0n) is 14.5. The number of nitrogens with zero attached hydrogens (tertiary/aromatic N) is 1. The summed E-state index contributed by atoms with van der Waals surface area (Å²) >= 11 is 0. The molecule has 1 heterocycles. The van der Waals surface area contributed by atoms with Crippen molar-refractivity contribution in [3.05, 3.63) is 35.4 Å². The molecule has 1 aromatic rings. The molecule has 0 bridgehead atoms. The van der Waals surface area contributed by atoms with Crippen molar-refractivity contribution in [3.63, 3.8) is 0 Å². The molecule has 130 valence electrons. The number of amides is 4. The normalized spacial score (nSPS) is 21.0. The van der Waals surface area contributed by atoms with Crippen molar-refractivity contribution < 1.29 is 14.4 Å². The molecule has 0 radical (unpaired) electrons. The lowest BCUT2D eigenvalue weighted by Gasteiger charge is -2.23. The third kappa shape index (κ3) is 3.73. The van der Waals surface area contributed by atoms with Crippen LogP contribution in [0, 0.1) is 6.92 Å². The predicted octanol–water partition coefficient (Wildman–Crippen LogP) is 0.616. The van der Waals surface area contributed by atoms with Gasteiger partial charge >= 0.3 is 6.03 Å². The number of nitrogens with two attached hydrogens (primary N) is 1. The van der Waals surface area contributed by atoms with E-state index in [9.17, 15) is 14.4 Å². The Morgan fingerprint density at radius 1 is 1.29 bits per heavy atom. The van der Waals surface area contributed by atoms with Crippen LogP contribution in [0.15, 0.2) is 24.3 Å². The second kappa shape index (κ2) is 6.24. The van der Waals surface area contributed by atoms with Crippen LogP contribution < -0.4 is 16.4 Å². The highest BCUT2D eigenvalue weighted by atomic mass is 16.2. The van der Waals surface area contributed by atoms with Crippen LogP contribution in [0.4, 0.5) is 4.79 Å². The monoisotopic (exact) mass is 332 g/mol. The molecule has 4 N–H and O–H groups in total. The van der Waals surface area contributed by atoms with Crippen molar-refractivity contribution in [2.75, 3.05) is 13.1 Å². The molecular formula is C17H24N4O3. The highest BCUT2D eigenvalue weighted by Crippen LogP contribution is 2.28. The number of carbonyl (C=O) groups excluding carboxylic acids is 3. The summed E-state index contributed by atoms with van der Waals surface area (Å²) < 4.78 is 0. The maximum atomic E-state index is 12.7. The molecule has 7 nitrogen and oxygen atoms in total. The van der Waals surface area contributed by atoms with Gasteiger partial charge in [-0.25, -0.2) is 4.79 Å². The standard InChI is InChI=1S/C17H24N4O3/c1-11-5-7-12(8-6-11)17(4)14(23)21(15(24)20-17)9-13(22)19-10-16(2,3)18/h5-8H,9-10,18H2,1-4H3,(H,19,22)(H,20,24). The maximum Gasteiger partial charge on any atom is 0.325 e. The summed E-state index contributed by atoms with van der Waals surface area (Å²) in [5.41, 5.74) is 5.80. The van der Waals surface area contributed by atoms with E-state index in [2.05, 4.69) is 10.6 Å². The van der Waals surface area contributed by atoms with Gasteiger partial charge in [-0.2, -0.15) is 0 Å². The molecule has 1 fully saturated rings. The molecular weight excluding hydrogens is 308 g/mol. The SMILES string of the molecule is Cc1ccc(C2(C)NC(=O)N(CC(=O)NCC(C)(C)N)C2=O)cc1. The van der Waals surface area contributed by atoms with Gasteiger partial charge in [0.25, 0.3) is 5.91 Å². The maximum absolute atomic E-state index is 12.7. The van der Waals surface area contributed by atoms with E-state index in [1.165, 1.54) is 0 Å². The summed E-state index contributed by atoms with van der Waals surface area (Å²) in [5, 5.41) is 5.30. The Labute approximate surface area is 141 Å². The molecule has 1 aliphatic heterocycles. The van der Waals surface area contributed by atoms with Crippen molar-refractivity contribution in [3.8, 4) is 0 Å². The Hall–Kier alpha value is -2.41. The lowest BCUT2D eigenvalue weighted by atomic mass is 9.91. The van der Waals surface area contributed by atoms with E-state index in [4.69, 9.17) is 5.73 Å². The summed E-state index contributed by atoms with van der Waals surface area (Å²) in [5.74, 6) is -0.872. The van der Waals surface area contributed by atoms with Crippen molar-refractivity contribution in [1.29, 1.82) is 0 Å². The van der Waals surface area contributed by atoms with Gasteiger partial charge < -0.3 is 16.4 Å². The number of hydrogen-bond donors (Lipinski definition) is 3. The first kappa shape index (κ1) is 17.9. The van der Waals surface area contributed by atoms with Gasteiger partial charge in [-0.3, -0.25) is 14.5 Å². The Balaban J connectivity index is 2.11. The van der Waals surface area contributed by atoms with Gasteiger partial charge in [-0.1, -0.05) is 29.8 Å². The van der Waals surface area contributed by atoms with E-state index in [1.54, 1.807) is 32.9 Å². The second-order valence-corrected chi connectivity index (χ2v) is 7.08. The molecule has 1 aromatic carbocycles. The molecule has 0 aromatic heterocycles.